The third kappa shape index (κ3) is 6.81. The summed E-state index contributed by atoms with van der Waals surface area (Å²) in [7, 11) is 2.97. The summed E-state index contributed by atoms with van der Waals surface area (Å²) in [5.74, 6) is -0.402. The van der Waals surface area contributed by atoms with Crippen LogP contribution in [-0.2, 0) is 14.3 Å². The Bertz CT molecular complexity index is 143. The number of halogens is 1. The van der Waals surface area contributed by atoms with Gasteiger partial charge in [0.25, 0.3) is 0 Å². The Balaban J connectivity index is 3.26. The first-order valence-electron chi connectivity index (χ1n) is 4.14. The zero-order valence-corrected chi connectivity index (χ0v) is 8.76. The third-order valence-electron chi connectivity index (χ3n) is 1.48. The topological polar surface area (TPSA) is 47.6 Å². The molecule has 0 aliphatic carbocycles. The molecule has 13 heavy (non-hydrogen) atoms. The van der Waals surface area contributed by atoms with E-state index in [9.17, 15) is 4.79 Å². The van der Waals surface area contributed by atoms with Crippen LogP contribution in [0.2, 0.25) is 0 Å². The van der Waals surface area contributed by atoms with Gasteiger partial charge in [-0.15, -0.1) is 11.6 Å². The molecule has 0 saturated heterocycles. The third-order valence-corrected chi connectivity index (χ3v) is 1.81. The fourth-order valence-electron chi connectivity index (χ4n) is 0.782. The lowest BCUT2D eigenvalue weighted by molar-refractivity contribution is -0.140. The molecule has 0 aliphatic rings. The Morgan fingerprint density at radius 2 is 2.23 bits per heavy atom. The second-order valence-corrected chi connectivity index (χ2v) is 3.07. The first kappa shape index (κ1) is 12.7. The number of nitrogens with one attached hydrogen (secondary N) is 1. The summed E-state index contributed by atoms with van der Waals surface area (Å²) in [6.07, 6.45) is 0.904. The monoisotopic (exact) mass is 209 g/mol. The number of methoxy groups -OCH3 is 2. The molecular formula is C8H16ClNO3. The number of alkyl halides is 1. The quantitative estimate of drug-likeness (QED) is 0.375. The van der Waals surface area contributed by atoms with E-state index in [2.05, 4.69) is 10.1 Å². The molecule has 0 rings (SSSR count). The summed E-state index contributed by atoms with van der Waals surface area (Å²) in [6.45, 7) is 1.92. The van der Waals surface area contributed by atoms with Gasteiger partial charge in [0, 0.05) is 20.3 Å². The second-order valence-electron chi connectivity index (χ2n) is 2.54. The van der Waals surface area contributed by atoms with Crippen LogP contribution >= 0.6 is 11.6 Å². The average molecular weight is 210 g/mol. The molecule has 0 radical (unpaired) electrons. The molecule has 0 amide bonds. The summed E-state index contributed by atoms with van der Waals surface area (Å²) < 4.78 is 9.31. The lowest BCUT2D eigenvalue weighted by atomic mass is 10.4. The normalized spacial score (nSPS) is 12.5. The van der Waals surface area contributed by atoms with Crippen LogP contribution in [0.1, 0.15) is 6.42 Å². The highest BCUT2D eigenvalue weighted by Crippen LogP contribution is 1.95. The summed E-state index contributed by atoms with van der Waals surface area (Å²) in [5, 5.41) is 2.42. The summed E-state index contributed by atoms with van der Waals surface area (Å²) in [6, 6.07) is 0. The van der Waals surface area contributed by atoms with Gasteiger partial charge in [-0.2, -0.15) is 0 Å². The maximum absolute atomic E-state index is 10.8. The van der Waals surface area contributed by atoms with Crippen molar-refractivity contribution in [1.82, 2.24) is 5.32 Å². The molecule has 0 aromatic heterocycles. The van der Waals surface area contributed by atoms with Gasteiger partial charge in [0.05, 0.1) is 7.11 Å². The van der Waals surface area contributed by atoms with Gasteiger partial charge in [-0.3, -0.25) is 4.79 Å². The highest BCUT2D eigenvalue weighted by Gasteiger charge is 2.14. The maximum atomic E-state index is 10.8. The Morgan fingerprint density at radius 1 is 1.54 bits per heavy atom. The van der Waals surface area contributed by atoms with Crippen LogP contribution in [0.3, 0.4) is 0 Å². The van der Waals surface area contributed by atoms with Crippen molar-refractivity contribution in [2.75, 3.05) is 33.9 Å². The molecule has 5 heteroatoms. The van der Waals surface area contributed by atoms with Crippen molar-refractivity contribution in [3.8, 4) is 0 Å². The van der Waals surface area contributed by atoms with E-state index in [1.54, 1.807) is 7.11 Å². The fourth-order valence-corrected chi connectivity index (χ4v) is 0.980. The number of carbonyl (C=O) groups excluding carboxylic acids is 1. The van der Waals surface area contributed by atoms with E-state index >= 15 is 0 Å². The lowest BCUT2D eigenvalue weighted by Gasteiger charge is -2.08. The van der Waals surface area contributed by atoms with Crippen molar-refractivity contribution in [3.05, 3.63) is 0 Å². The molecule has 1 unspecified atom stereocenters. The SMILES string of the molecule is COCCCNCC(Cl)C(=O)OC. The molecular weight excluding hydrogens is 194 g/mol. The van der Waals surface area contributed by atoms with Crippen molar-refractivity contribution in [2.45, 2.75) is 11.8 Å². The molecule has 0 fully saturated rings. The Morgan fingerprint density at radius 3 is 2.77 bits per heavy atom. The minimum atomic E-state index is -0.604. The smallest absolute Gasteiger partial charge is 0.325 e. The summed E-state index contributed by atoms with van der Waals surface area (Å²) >= 11 is 5.68. The van der Waals surface area contributed by atoms with Gasteiger partial charge in [-0.05, 0) is 13.0 Å². The van der Waals surface area contributed by atoms with E-state index in [1.165, 1.54) is 7.11 Å². The van der Waals surface area contributed by atoms with E-state index in [4.69, 9.17) is 16.3 Å². The molecule has 0 aliphatic heterocycles. The molecule has 0 saturated carbocycles. The van der Waals surface area contributed by atoms with Crippen molar-refractivity contribution in [3.63, 3.8) is 0 Å². The van der Waals surface area contributed by atoms with Crippen molar-refractivity contribution in [1.29, 1.82) is 0 Å². The second kappa shape index (κ2) is 8.29. The molecule has 4 nitrogen and oxygen atoms in total. The van der Waals surface area contributed by atoms with Crippen LogP contribution in [0.5, 0.6) is 0 Å². The van der Waals surface area contributed by atoms with Crippen molar-refractivity contribution in [2.24, 2.45) is 0 Å². The van der Waals surface area contributed by atoms with Gasteiger partial charge in [0.1, 0.15) is 5.38 Å². The molecule has 0 heterocycles. The molecule has 0 spiro atoms. The Kier molecular flexibility index (Phi) is 8.08. The van der Waals surface area contributed by atoms with Gasteiger partial charge < -0.3 is 14.8 Å². The number of esters is 1. The number of rotatable bonds is 7. The largest absolute Gasteiger partial charge is 0.468 e. The van der Waals surface area contributed by atoms with Gasteiger partial charge in [-0.1, -0.05) is 0 Å². The van der Waals surface area contributed by atoms with E-state index in [0.717, 1.165) is 13.0 Å². The first-order valence-corrected chi connectivity index (χ1v) is 4.57. The molecule has 0 bridgehead atoms. The minimum Gasteiger partial charge on any atom is -0.468 e. The van der Waals surface area contributed by atoms with Gasteiger partial charge in [-0.25, -0.2) is 0 Å². The standard InChI is InChI=1S/C8H16ClNO3/c1-12-5-3-4-10-6-7(9)8(11)13-2/h7,10H,3-6H2,1-2H3. The summed E-state index contributed by atoms with van der Waals surface area (Å²) in [5.41, 5.74) is 0. The lowest BCUT2D eigenvalue weighted by Crippen LogP contribution is -2.30. The van der Waals surface area contributed by atoms with Crippen LogP contribution in [0.15, 0.2) is 0 Å². The highest BCUT2D eigenvalue weighted by molar-refractivity contribution is 6.30. The Hall–Kier alpha value is -0.320. The fraction of sp³-hybridized carbons (Fsp3) is 0.875. The van der Waals surface area contributed by atoms with Crippen LogP contribution in [0.25, 0.3) is 0 Å². The van der Waals surface area contributed by atoms with E-state index < -0.39 is 11.3 Å². The summed E-state index contributed by atoms with van der Waals surface area (Å²) in [4.78, 5) is 10.8. The van der Waals surface area contributed by atoms with Crippen LogP contribution in [0, 0.1) is 0 Å². The maximum Gasteiger partial charge on any atom is 0.325 e. The number of hydrogen-bond donors (Lipinski definition) is 1. The van der Waals surface area contributed by atoms with E-state index in [-0.39, 0.29) is 0 Å². The van der Waals surface area contributed by atoms with E-state index in [1.807, 2.05) is 0 Å². The minimum absolute atomic E-state index is 0.402. The molecule has 0 aromatic rings. The van der Waals surface area contributed by atoms with Crippen LogP contribution in [-0.4, -0.2) is 45.3 Å². The predicted molar refractivity (Wildman–Crippen MR) is 51.0 cm³/mol. The van der Waals surface area contributed by atoms with Gasteiger partial charge >= 0.3 is 5.97 Å². The first-order chi connectivity index (χ1) is 6.22. The van der Waals surface area contributed by atoms with Crippen molar-refractivity contribution < 1.29 is 14.3 Å². The molecule has 1 atom stereocenters. The average Bonchev–Trinajstić information content (AvgIpc) is 2.16. The van der Waals surface area contributed by atoms with Crippen LogP contribution < -0.4 is 5.32 Å². The van der Waals surface area contributed by atoms with Gasteiger partial charge in [0.2, 0.25) is 0 Å². The predicted octanol–water partition coefficient (Wildman–Crippen LogP) is 0.393. The molecule has 1 N–H and O–H groups in total. The Labute approximate surface area is 83.5 Å². The zero-order valence-electron chi connectivity index (χ0n) is 8.01. The number of ether oxygens (including phenoxy) is 2. The van der Waals surface area contributed by atoms with Gasteiger partial charge in [0.15, 0.2) is 0 Å². The van der Waals surface area contributed by atoms with Crippen molar-refractivity contribution >= 4 is 17.6 Å². The molecule has 0 aromatic carbocycles. The molecule has 78 valence electrons. The zero-order chi connectivity index (χ0) is 10.1. The van der Waals surface area contributed by atoms with E-state index in [0.29, 0.717) is 13.2 Å². The number of hydrogen-bond acceptors (Lipinski definition) is 4. The van der Waals surface area contributed by atoms with Crippen LogP contribution in [0.4, 0.5) is 0 Å². The number of carbonyl (C=O) groups is 1. The highest BCUT2D eigenvalue weighted by atomic mass is 35.5.